The second-order valence-electron chi connectivity index (χ2n) is 9.76. The highest BCUT2D eigenvalue weighted by atomic mass is 32.2. The molecule has 1 atom stereocenters. The summed E-state index contributed by atoms with van der Waals surface area (Å²) in [7, 11) is -4.23. The van der Waals surface area contributed by atoms with Gasteiger partial charge in [-0.2, -0.15) is 4.31 Å². The van der Waals surface area contributed by atoms with Gasteiger partial charge in [0.05, 0.1) is 11.5 Å². The first-order chi connectivity index (χ1) is 16.5. The van der Waals surface area contributed by atoms with Gasteiger partial charge in [0.1, 0.15) is 5.82 Å². The van der Waals surface area contributed by atoms with Crippen molar-refractivity contribution in [3.05, 3.63) is 53.8 Å². The highest BCUT2D eigenvalue weighted by Gasteiger charge is 2.70. The van der Waals surface area contributed by atoms with E-state index in [0.717, 1.165) is 9.87 Å². The second-order valence-corrected chi connectivity index (χ2v) is 11.6. The Bertz CT molecular complexity index is 1260. The Morgan fingerprint density at radius 3 is 2.46 bits per heavy atom. The van der Waals surface area contributed by atoms with E-state index in [-0.39, 0.29) is 41.6 Å². The number of alkyl halides is 2. The van der Waals surface area contributed by atoms with E-state index in [1.165, 1.54) is 24.3 Å². The fourth-order valence-corrected chi connectivity index (χ4v) is 6.97. The zero-order valence-corrected chi connectivity index (χ0v) is 20.1. The molecule has 1 spiro atoms. The lowest BCUT2D eigenvalue weighted by atomic mass is 9.83. The van der Waals surface area contributed by atoms with Crippen molar-refractivity contribution in [2.24, 2.45) is 5.41 Å². The summed E-state index contributed by atoms with van der Waals surface area (Å²) in [5.41, 5.74) is 0.175. The second kappa shape index (κ2) is 8.60. The van der Waals surface area contributed by atoms with Crippen LogP contribution in [0.15, 0.2) is 47.4 Å². The molecule has 1 unspecified atom stereocenters. The van der Waals surface area contributed by atoms with Crippen LogP contribution < -0.4 is 5.32 Å². The van der Waals surface area contributed by atoms with E-state index in [9.17, 15) is 26.4 Å². The Morgan fingerprint density at radius 2 is 1.80 bits per heavy atom. The number of nitrogens with zero attached hydrogens (tertiary/aromatic N) is 1. The highest BCUT2D eigenvalue weighted by Crippen LogP contribution is 2.67. The first kappa shape index (κ1) is 24.3. The molecule has 5 rings (SSSR count). The topological polar surface area (TPSA) is 75.7 Å². The highest BCUT2D eigenvalue weighted by molar-refractivity contribution is 7.89. The molecule has 3 aliphatic rings. The number of carbonyl (C=O) groups is 1. The van der Waals surface area contributed by atoms with E-state index in [4.69, 9.17) is 4.74 Å². The molecule has 1 saturated heterocycles. The fraction of sp³-hybridized carbons (Fsp3) is 0.480. The van der Waals surface area contributed by atoms with E-state index in [1.54, 1.807) is 25.1 Å². The summed E-state index contributed by atoms with van der Waals surface area (Å²) in [6, 6.07) is 10.2. The number of hydrogen-bond donors (Lipinski definition) is 1. The molecular weight excluding hydrogens is 481 g/mol. The van der Waals surface area contributed by atoms with Crippen LogP contribution in [0.4, 0.5) is 13.2 Å². The molecule has 6 nitrogen and oxygen atoms in total. The number of rotatable bonds is 5. The summed E-state index contributed by atoms with van der Waals surface area (Å²) in [6.07, 6.45) is 0.000887. The minimum atomic E-state index is -4.23. The third-order valence-corrected chi connectivity index (χ3v) is 9.36. The first-order valence-corrected chi connectivity index (χ1v) is 13.2. The molecule has 2 aliphatic carbocycles. The van der Waals surface area contributed by atoms with Crippen LogP contribution in [0.5, 0.6) is 0 Å². The molecule has 10 heteroatoms. The maximum Gasteiger partial charge on any atom is 0.265 e. The third-order valence-electron chi connectivity index (χ3n) is 7.46. The molecule has 2 saturated carbocycles. The average Bonchev–Trinajstić information content (AvgIpc) is 3.14. The van der Waals surface area contributed by atoms with Crippen molar-refractivity contribution >= 4 is 15.9 Å². The zero-order valence-electron chi connectivity index (χ0n) is 19.3. The van der Waals surface area contributed by atoms with Gasteiger partial charge in [0.2, 0.25) is 16.3 Å². The van der Waals surface area contributed by atoms with Gasteiger partial charge >= 0.3 is 0 Å². The fourth-order valence-electron chi connectivity index (χ4n) is 5.30. The van der Waals surface area contributed by atoms with Gasteiger partial charge in [-0.05, 0) is 50.8 Å². The molecule has 1 heterocycles. The Hall–Kier alpha value is -2.43. The SMILES string of the molecule is Cc1ccc(S(=O)(=O)N2CCOC2C(=O)NC2CCC3(CC2)CC3(F)F)c(-c2ccccc2F)c1. The van der Waals surface area contributed by atoms with Crippen molar-refractivity contribution in [3.63, 3.8) is 0 Å². The maximum atomic E-state index is 14.6. The maximum absolute atomic E-state index is 14.6. The molecule has 0 aromatic heterocycles. The van der Waals surface area contributed by atoms with Gasteiger partial charge in [-0.25, -0.2) is 21.6 Å². The molecular formula is C25H27F3N2O4S. The number of hydrogen-bond acceptors (Lipinski definition) is 4. The molecule has 2 aromatic carbocycles. The van der Waals surface area contributed by atoms with Crippen LogP contribution in [-0.4, -0.2) is 50.0 Å². The van der Waals surface area contributed by atoms with E-state index in [1.807, 2.05) is 0 Å². The Balaban J connectivity index is 1.36. The first-order valence-electron chi connectivity index (χ1n) is 11.7. The van der Waals surface area contributed by atoms with Crippen molar-refractivity contribution < 1.29 is 31.1 Å². The predicted octanol–water partition coefficient (Wildman–Crippen LogP) is 4.23. The molecule has 3 fully saturated rings. The van der Waals surface area contributed by atoms with Crippen LogP contribution in [0, 0.1) is 18.2 Å². The van der Waals surface area contributed by atoms with Crippen LogP contribution >= 0.6 is 0 Å². The standard InChI is InChI=1S/C25H27F3N2O4S/c1-16-6-7-21(19(14-16)18-4-2-3-5-20(18)26)35(32,33)30-12-13-34-23(30)22(31)29-17-8-10-24(11-9-17)15-25(24,27)28/h2-7,14,17,23H,8-13,15H2,1H3,(H,29,31). The number of benzene rings is 2. The molecule has 1 aliphatic heterocycles. The van der Waals surface area contributed by atoms with Crippen molar-refractivity contribution in [2.75, 3.05) is 13.2 Å². The number of amides is 1. The lowest BCUT2D eigenvalue weighted by Crippen LogP contribution is -2.50. The van der Waals surface area contributed by atoms with Crippen LogP contribution in [0.25, 0.3) is 11.1 Å². The third kappa shape index (κ3) is 4.25. The average molecular weight is 509 g/mol. The Kier molecular flexibility index (Phi) is 5.96. The quantitative estimate of drug-likeness (QED) is 0.656. The Labute approximate surface area is 202 Å². The number of aryl methyl sites for hydroxylation is 1. The number of ether oxygens (including phenoxy) is 1. The van der Waals surface area contributed by atoms with Crippen molar-refractivity contribution in [3.8, 4) is 11.1 Å². The monoisotopic (exact) mass is 508 g/mol. The zero-order chi connectivity index (χ0) is 25.0. The summed E-state index contributed by atoms with van der Waals surface area (Å²) in [4.78, 5) is 12.9. The van der Waals surface area contributed by atoms with Crippen LogP contribution in [0.3, 0.4) is 0 Å². The van der Waals surface area contributed by atoms with Gasteiger partial charge < -0.3 is 10.1 Å². The van der Waals surface area contributed by atoms with E-state index in [2.05, 4.69) is 5.32 Å². The number of nitrogens with one attached hydrogen (secondary N) is 1. The lowest BCUT2D eigenvalue weighted by molar-refractivity contribution is -0.135. The molecule has 0 radical (unpaired) electrons. The number of halogens is 3. The van der Waals surface area contributed by atoms with Crippen molar-refractivity contribution in [1.29, 1.82) is 0 Å². The smallest absolute Gasteiger partial charge is 0.265 e. The summed E-state index contributed by atoms with van der Waals surface area (Å²) >= 11 is 0. The van der Waals surface area contributed by atoms with Gasteiger partial charge in [-0.1, -0.05) is 29.8 Å². The van der Waals surface area contributed by atoms with Gasteiger partial charge in [-0.3, -0.25) is 4.79 Å². The summed E-state index contributed by atoms with van der Waals surface area (Å²) in [5.74, 6) is -3.79. The molecule has 0 bridgehead atoms. The minimum Gasteiger partial charge on any atom is -0.351 e. The minimum absolute atomic E-state index is 0.0260. The number of sulfonamides is 1. The lowest BCUT2D eigenvalue weighted by Gasteiger charge is -2.31. The van der Waals surface area contributed by atoms with Crippen LogP contribution in [-0.2, 0) is 19.6 Å². The molecule has 35 heavy (non-hydrogen) atoms. The van der Waals surface area contributed by atoms with Crippen molar-refractivity contribution in [2.45, 2.75) is 62.1 Å². The normalized spacial score (nSPS) is 28.2. The van der Waals surface area contributed by atoms with E-state index < -0.39 is 39.3 Å². The van der Waals surface area contributed by atoms with Crippen molar-refractivity contribution in [1.82, 2.24) is 9.62 Å². The largest absolute Gasteiger partial charge is 0.351 e. The van der Waals surface area contributed by atoms with Crippen LogP contribution in [0.2, 0.25) is 0 Å². The Morgan fingerprint density at radius 1 is 1.11 bits per heavy atom. The van der Waals surface area contributed by atoms with E-state index in [0.29, 0.717) is 25.7 Å². The molecule has 188 valence electrons. The summed E-state index contributed by atoms with van der Waals surface area (Å²) in [6.45, 7) is 1.77. The van der Waals surface area contributed by atoms with Gasteiger partial charge in [0.25, 0.3) is 11.8 Å². The van der Waals surface area contributed by atoms with Gasteiger partial charge in [-0.15, -0.1) is 0 Å². The summed E-state index contributed by atoms with van der Waals surface area (Å²) < 4.78 is 75.7. The number of carbonyl (C=O) groups excluding carboxylic acids is 1. The summed E-state index contributed by atoms with van der Waals surface area (Å²) in [5, 5.41) is 2.80. The molecule has 2 aromatic rings. The molecule has 1 amide bonds. The molecule has 1 N–H and O–H groups in total. The predicted molar refractivity (Wildman–Crippen MR) is 123 cm³/mol. The van der Waals surface area contributed by atoms with Gasteiger partial charge in [0, 0.05) is 35.5 Å². The van der Waals surface area contributed by atoms with Crippen LogP contribution in [0.1, 0.15) is 37.7 Å². The van der Waals surface area contributed by atoms with Gasteiger partial charge in [0.15, 0.2) is 0 Å². The van der Waals surface area contributed by atoms with E-state index >= 15 is 0 Å².